The summed E-state index contributed by atoms with van der Waals surface area (Å²) in [6.07, 6.45) is 7.62. The minimum atomic E-state index is -1.10. The SMILES string of the molecule is CCCCC1(O)CC(C(O)C(Cc2cc(F)cc(F)c2)C(=O)NC)NC2(CCCCC2)C1. The molecule has 3 rings (SSSR count). The molecule has 1 saturated heterocycles. The van der Waals surface area contributed by atoms with Crippen LogP contribution in [0.4, 0.5) is 8.78 Å². The first-order valence-electron chi connectivity index (χ1n) is 12.0. The number of carbonyl (C=O) groups excluding carboxylic acids is 1. The zero-order valence-electron chi connectivity index (χ0n) is 19.3. The lowest BCUT2D eigenvalue weighted by Gasteiger charge is -2.53. The van der Waals surface area contributed by atoms with Crippen LogP contribution in [0.25, 0.3) is 0 Å². The van der Waals surface area contributed by atoms with Crippen LogP contribution in [-0.4, -0.2) is 46.5 Å². The second kappa shape index (κ2) is 10.6. The van der Waals surface area contributed by atoms with Crippen molar-refractivity contribution in [2.24, 2.45) is 5.92 Å². The van der Waals surface area contributed by atoms with Gasteiger partial charge in [-0.2, -0.15) is 0 Å². The van der Waals surface area contributed by atoms with Gasteiger partial charge in [-0.1, -0.05) is 39.0 Å². The summed E-state index contributed by atoms with van der Waals surface area (Å²) >= 11 is 0. The van der Waals surface area contributed by atoms with Crippen LogP contribution in [0.3, 0.4) is 0 Å². The van der Waals surface area contributed by atoms with Gasteiger partial charge < -0.3 is 20.8 Å². The van der Waals surface area contributed by atoms with Crippen molar-refractivity contribution in [2.75, 3.05) is 7.05 Å². The summed E-state index contributed by atoms with van der Waals surface area (Å²) in [5.74, 6) is -2.70. The van der Waals surface area contributed by atoms with Gasteiger partial charge in [-0.25, -0.2) is 8.78 Å². The lowest BCUT2D eigenvalue weighted by molar-refractivity contribution is -0.132. The first kappa shape index (κ1) is 25.1. The highest BCUT2D eigenvalue weighted by molar-refractivity contribution is 5.79. The van der Waals surface area contributed by atoms with Gasteiger partial charge in [0.15, 0.2) is 0 Å². The third kappa shape index (κ3) is 6.06. The van der Waals surface area contributed by atoms with Gasteiger partial charge in [0.2, 0.25) is 5.91 Å². The van der Waals surface area contributed by atoms with E-state index in [-0.39, 0.29) is 17.9 Å². The van der Waals surface area contributed by atoms with Gasteiger partial charge in [0, 0.05) is 24.7 Å². The molecule has 1 amide bonds. The Kier molecular flexibility index (Phi) is 8.28. The van der Waals surface area contributed by atoms with Crippen LogP contribution < -0.4 is 10.6 Å². The number of piperidine rings is 1. The molecule has 32 heavy (non-hydrogen) atoms. The van der Waals surface area contributed by atoms with Gasteiger partial charge in [0.05, 0.1) is 17.6 Å². The molecular weight excluding hydrogens is 414 g/mol. The molecule has 0 aromatic heterocycles. The summed E-state index contributed by atoms with van der Waals surface area (Å²) in [5, 5.41) is 29.1. The predicted octanol–water partition coefficient (Wildman–Crippen LogP) is 3.61. The maximum atomic E-state index is 13.7. The molecule has 1 aliphatic heterocycles. The second-order valence-electron chi connectivity index (χ2n) is 9.99. The number of amides is 1. The molecule has 4 unspecified atom stereocenters. The summed E-state index contributed by atoms with van der Waals surface area (Å²) in [4.78, 5) is 12.7. The molecule has 2 fully saturated rings. The normalized spacial score (nSPS) is 27.1. The first-order valence-corrected chi connectivity index (χ1v) is 12.0. The number of hydrogen-bond acceptors (Lipinski definition) is 4. The zero-order chi connectivity index (χ0) is 23.4. The molecule has 1 aliphatic carbocycles. The molecule has 1 saturated carbocycles. The van der Waals surface area contributed by atoms with Gasteiger partial charge in [0.25, 0.3) is 0 Å². The van der Waals surface area contributed by atoms with Crippen molar-refractivity contribution < 1.29 is 23.8 Å². The molecule has 1 aromatic carbocycles. The predicted molar refractivity (Wildman–Crippen MR) is 120 cm³/mol. The fourth-order valence-corrected chi connectivity index (χ4v) is 5.88. The Morgan fingerprint density at radius 1 is 1.22 bits per heavy atom. The maximum Gasteiger partial charge on any atom is 0.225 e. The Morgan fingerprint density at radius 3 is 2.47 bits per heavy atom. The van der Waals surface area contributed by atoms with E-state index in [4.69, 9.17) is 0 Å². The highest BCUT2D eigenvalue weighted by atomic mass is 19.1. The number of nitrogens with one attached hydrogen (secondary N) is 2. The van der Waals surface area contributed by atoms with Crippen LogP contribution in [0, 0.1) is 17.6 Å². The average Bonchev–Trinajstić information content (AvgIpc) is 2.74. The van der Waals surface area contributed by atoms with Crippen LogP contribution >= 0.6 is 0 Å². The van der Waals surface area contributed by atoms with E-state index in [0.717, 1.165) is 51.0 Å². The highest BCUT2D eigenvalue weighted by Crippen LogP contribution is 2.43. The second-order valence-corrected chi connectivity index (χ2v) is 9.99. The summed E-state index contributed by atoms with van der Waals surface area (Å²) in [6.45, 7) is 2.09. The third-order valence-electron chi connectivity index (χ3n) is 7.35. The molecule has 4 atom stereocenters. The largest absolute Gasteiger partial charge is 0.391 e. The lowest BCUT2D eigenvalue weighted by atomic mass is 9.66. The van der Waals surface area contributed by atoms with Crippen LogP contribution in [-0.2, 0) is 11.2 Å². The molecule has 0 radical (unpaired) electrons. The fraction of sp³-hybridized carbons (Fsp3) is 0.720. The molecule has 180 valence electrons. The number of hydrogen-bond donors (Lipinski definition) is 4. The molecule has 7 heteroatoms. The van der Waals surface area contributed by atoms with Crippen molar-refractivity contribution >= 4 is 5.91 Å². The molecule has 1 aromatic rings. The van der Waals surface area contributed by atoms with Gasteiger partial charge >= 0.3 is 0 Å². The van der Waals surface area contributed by atoms with E-state index in [1.807, 2.05) is 0 Å². The van der Waals surface area contributed by atoms with E-state index in [1.54, 1.807) is 0 Å². The Hall–Kier alpha value is -1.57. The number of halogens is 2. The number of unbranched alkanes of at least 4 members (excludes halogenated alkanes) is 1. The Bertz CT molecular complexity index is 764. The van der Waals surface area contributed by atoms with E-state index in [2.05, 4.69) is 17.6 Å². The van der Waals surface area contributed by atoms with E-state index in [9.17, 15) is 23.8 Å². The number of aliphatic hydroxyl groups excluding tert-OH is 1. The third-order valence-corrected chi connectivity index (χ3v) is 7.35. The van der Waals surface area contributed by atoms with Crippen LogP contribution in [0.5, 0.6) is 0 Å². The highest BCUT2D eigenvalue weighted by Gasteiger charge is 2.50. The van der Waals surface area contributed by atoms with Crippen molar-refractivity contribution in [2.45, 2.75) is 101 Å². The van der Waals surface area contributed by atoms with Crippen molar-refractivity contribution in [3.8, 4) is 0 Å². The minimum absolute atomic E-state index is 0.00802. The van der Waals surface area contributed by atoms with Gasteiger partial charge in [-0.3, -0.25) is 4.79 Å². The van der Waals surface area contributed by atoms with Crippen molar-refractivity contribution in [3.05, 3.63) is 35.4 Å². The number of rotatable bonds is 8. The van der Waals surface area contributed by atoms with Crippen LogP contribution in [0.1, 0.15) is 76.7 Å². The topological polar surface area (TPSA) is 81.6 Å². The van der Waals surface area contributed by atoms with E-state index in [0.29, 0.717) is 24.8 Å². The van der Waals surface area contributed by atoms with Crippen molar-refractivity contribution in [3.63, 3.8) is 0 Å². The van der Waals surface area contributed by atoms with E-state index >= 15 is 0 Å². The molecule has 0 bridgehead atoms. The van der Waals surface area contributed by atoms with Crippen molar-refractivity contribution in [1.29, 1.82) is 0 Å². The van der Waals surface area contributed by atoms with Crippen LogP contribution in [0.2, 0.25) is 0 Å². The van der Waals surface area contributed by atoms with E-state index in [1.165, 1.54) is 19.2 Å². The summed E-state index contributed by atoms with van der Waals surface area (Å²) < 4.78 is 27.5. The van der Waals surface area contributed by atoms with Gasteiger partial charge in [-0.15, -0.1) is 0 Å². The molecule has 4 N–H and O–H groups in total. The Balaban J connectivity index is 1.87. The molecule has 1 heterocycles. The molecule has 2 aliphatic rings. The monoisotopic (exact) mass is 452 g/mol. The van der Waals surface area contributed by atoms with Gasteiger partial charge in [0.1, 0.15) is 11.6 Å². The summed E-state index contributed by atoms with van der Waals surface area (Å²) in [7, 11) is 1.49. The molecule has 5 nitrogen and oxygen atoms in total. The number of benzene rings is 1. The number of aliphatic hydroxyl groups is 2. The average molecular weight is 453 g/mol. The Labute approximate surface area is 190 Å². The number of carbonyl (C=O) groups is 1. The quantitative estimate of drug-likeness (QED) is 0.486. The first-order chi connectivity index (χ1) is 15.2. The fourth-order valence-electron chi connectivity index (χ4n) is 5.88. The van der Waals surface area contributed by atoms with Crippen molar-refractivity contribution in [1.82, 2.24) is 10.6 Å². The maximum absolute atomic E-state index is 13.7. The van der Waals surface area contributed by atoms with E-state index < -0.39 is 35.3 Å². The summed E-state index contributed by atoms with van der Waals surface area (Å²) in [5.41, 5.74) is -0.828. The minimum Gasteiger partial charge on any atom is -0.391 e. The molecular formula is C25H38F2N2O3. The standard InChI is InChI=1S/C25H38F2N2O3/c1-3-4-10-25(32)15-21(29-24(16-25)8-6-5-7-9-24)22(30)20(23(31)28-2)13-17-11-18(26)14-19(27)12-17/h11-12,14,20-22,29-30,32H,3-10,13,15-16H2,1-2H3,(H,28,31). The summed E-state index contributed by atoms with van der Waals surface area (Å²) in [6, 6.07) is 2.70. The lowest BCUT2D eigenvalue weighted by Crippen LogP contribution is -2.66. The smallest absolute Gasteiger partial charge is 0.225 e. The zero-order valence-corrected chi connectivity index (χ0v) is 19.3. The van der Waals surface area contributed by atoms with Gasteiger partial charge in [-0.05, 0) is 56.2 Å². The molecule has 1 spiro atoms. The van der Waals surface area contributed by atoms with Crippen LogP contribution in [0.15, 0.2) is 18.2 Å². The Morgan fingerprint density at radius 2 is 1.88 bits per heavy atom.